The zero-order valence-corrected chi connectivity index (χ0v) is 13.7. The predicted molar refractivity (Wildman–Crippen MR) is 84.4 cm³/mol. The number of hydrogen-bond acceptors (Lipinski definition) is 5. The summed E-state index contributed by atoms with van der Waals surface area (Å²) in [5.41, 5.74) is 0.783. The van der Waals surface area contributed by atoms with Gasteiger partial charge in [-0.25, -0.2) is 8.42 Å². The Hall–Kier alpha value is -1.89. The van der Waals surface area contributed by atoms with Crippen molar-refractivity contribution in [2.75, 3.05) is 18.1 Å². The average molecular weight is 337 g/mol. The zero-order chi connectivity index (χ0) is 16.7. The first-order valence-electron chi connectivity index (χ1n) is 7.57. The van der Waals surface area contributed by atoms with Gasteiger partial charge in [-0.1, -0.05) is 12.1 Å². The molecule has 0 spiro atoms. The van der Waals surface area contributed by atoms with Gasteiger partial charge in [-0.05, 0) is 25.8 Å². The van der Waals surface area contributed by atoms with E-state index in [2.05, 4.69) is 5.32 Å². The van der Waals surface area contributed by atoms with Gasteiger partial charge in [0.2, 0.25) is 0 Å². The highest BCUT2D eigenvalue weighted by Crippen LogP contribution is 2.30. The number of fused-ring (bicyclic) bond motifs is 1. The quantitative estimate of drug-likeness (QED) is 0.881. The maximum atomic E-state index is 12.1. The van der Waals surface area contributed by atoms with Crippen molar-refractivity contribution < 1.29 is 22.7 Å². The molecular formula is C16H19NO5S. The molecule has 0 radical (unpaired) electrons. The van der Waals surface area contributed by atoms with E-state index in [4.69, 9.17) is 4.74 Å². The van der Waals surface area contributed by atoms with Crippen LogP contribution in [0.1, 0.15) is 35.7 Å². The standard InChI is InChI=1S/C16H19NO5S/c1-16(7-8-23(20,21)10-16)17-15(19)9-22-14-4-2-3-11-12(14)5-6-13(11)18/h2-4H,5-10H2,1H3,(H,17,19)/t16-/m0/s1. The molecule has 1 aliphatic heterocycles. The Morgan fingerprint density at radius 2 is 2.13 bits per heavy atom. The number of amides is 1. The molecule has 0 saturated carbocycles. The van der Waals surface area contributed by atoms with Crippen LogP contribution in [0.25, 0.3) is 0 Å². The lowest BCUT2D eigenvalue weighted by Gasteiger charge is -2.24. The molecule has 1 N–H and O–H groups in total. The molecule has 23 heavy (non-hydrogen) atoms. The van der Waals surface area contributed by atoms with Crippen LogP contribution in [0, 0.1) is 0 Å². The van der Waals surface area contributed by atoms with Gasteiger partial charge in [0.25, 0.3) is 5.91 Å². The monoisotopic (exact) mass is 337 g/mol. The number of sulfone groups is 1. The lowest BCUT2D eigenvalue weighted by Crippen LogP contribution is -2.48. The summed E-state index contributed by atoms with van der Waals surface area (Å²) in [7, 11) is -3.07. The summed E-state index contributed by atoms with van der Waals surface area (Å²) < 4.78 is 28.7. The maximum absolute atomic E-state index is 12.1. The number of benzene rings is 1. The first-order chi connectivity index (χ1) is 10.8. The topological polar surface area (TPSA) is 89.5 Å². The van der Waals surface area contributed by atoms with Crippen LogP contribution in [0.2, 0.25) is 0 Å². The summed E-state index contributed by atoms with van der Waals surface area (Å²) in [4.78, 5) is 23.8. The van der Waals surface area contributed by atoms with Crippen molar-refractivity contribution in [3.05, 3.63) is 29.3 Å². The van der Waals surface area contributed by atoms with E-state index in [9.17, 15) is 18.0 Å². The second-order valence-corrected chi connectivity index (χ2v) is 8.63. The van der Waals surface area contributed by atoms with Crippen LogP contribution in [0.5, 0.6) is 5.75 Å². The Morgan fingerprint density at radius 1 is 1.35 bits per heavy atom. The smallest absolute Gasteiger partial charge is 0.258 e. The Labute approximate surface area is 135 Å². The maximum Gasteiger partial charge on any atom is 0.258 e. The number of hydrogen-bond donors (Lipinski definition) is 1. The molecule has 1 aromatic rings. The number of Topliss-reactive ketones (excluding diaryl/α,β-unsaturated/α-hetero) is 1. The van der Waals surface area contributed by atoms with Crippen molar-refractivity contribution in [2.45, 2.75) is 31.7 Å². The second-order valence-electron chi connectivity index (χ2n) is 6.44. The summed E-state index contributed by atoms with van der Waals surface area (Å²) in [5.74, 6) is 0.345. The van der Waals surface area contributed by atoms with E-state index in [1.165, 1.54) is 0 Å². The molecule has 1 aliphatic carbocycles. The van der Waals surface area contributed by atoms with Gasteiger partial charge >= 0.3 is 0 Å². The summed E-state index contributed by atoms with van der Waals surface area (Å²) in [6, 6.07) is 5.24. The van der Waals surface area contributed by atoms with Crippen molar-refractivity contribution in [3.8, 4) is 5.75 Å². The molecule has 1 aromatic carbocycles. The van der Waals surface area contributed by atoms with Crippen molar-refractivity contribution in [1.82, 2.24) is 5.32 Å². The summed E-state index contributed by atoms with van der Waals surface area (Å²) in [5, 5.41) is 2.75. The van der Waals surface area contributed by atoms with Crippen LogP contribution in [0.15, 0.2) is 18.2 Å². The number of nitrogens with one attached hydrogen (secondary N) is 1. The minimum Gasteiger partial charge on any atom is -0.483 e. The molecule has 1 heterocycles. The number of ketones is 1. The van der Waals surface area contributed by atoms with E-state index in [0.29, 0.717) is 30.6 Å². The van der Waals surface area contributed by atoms with E-state index in [0.717, 1.165) is 5.56 Å². The molecular weight excluding hydrogens is 318 g/mol. The molecule has 0 unspecified atom stereocenters. The number of carbonyl (C=O) groups is 2. The zero-order valence-electron chi connectivity index (χ0n) is 12.9. The van der Waals surface area contributed by atoms with Crippen LogP contribution in [0.4, 0.5) is 0 Å². The highest BCUT2D eigenvalue weighted by molar-refractivity contribution is 7.91. The number of carbonyl (C=O) groups excluding carboxylic acids is 2. The van der Waals surface area contributed by atoms with Crippen molar-refractivity contribution in [1.29, 1.82) is 0 Å². The highest BCUT2D eigenvalue weighted by atomic mass is 32.2. The minimum atomic E-state index is -3.07. The SMILES string of the molecule is C[C@]1(NC(=O)COc2cccc3c2CCC3=O)CCS(=O)(=O)C1. The molecule has 6 nitrogen and oxygen atoms in total. The van der Waals surface area contributed by atoms with Gasteiger partial charge in [-0.15, -0.1) is 0 Å². The lowest BCUT2D eigenvalue weighted by molar-refractivity contribution is -0.124. The summed E-state index contributed by atoms with van der Waals surface area (Å²) in [6.45, 7) is 1.54. The third-order valence-corrected chi connectivity index (χ3v) is 6.24. The lowest BCUT2D eigenvalue weighted by atomic mass is 10.0. The Morgan fingerprint density at radius 3 is 2.83 bits per heavy atom. The molecule has 0 aromatic heterocycles. The second kappa shape index (κ2) is 5.63. The summed E-state index contributed by atoms with van der Waals surface area (Å²) in [6.07, 6.45) is 1.51. The van der Waals surface area contributed by atoms with Crippen LogP contribution in [-0.2, 0) is 21.1 Å². The fourth-order valence-electron chi connectivity index (χ4n) is 3.22. The van der Waals surface area contributed by atoms with Gasteiger partial charge in [-0.3, -0.25) is 9.59 Å². The van der Waals surface area contributed by atoms with Gasteiger partial charge in [-0.2, -0.15) is 0 Å². The van der Waals surface area contributed by atoms with Crippen LogP contribution in [-0.4, -0.2) is 43.8 Å². The third-order valence-electron chi connectivity index (χ3n) is 4.34. The van der Waals surface area contributed by atoms with Crippen LogP contribution in [0.3, 0.4) is 0 Å². The fraction of sp³-hybridized carbons (Fsp3) is 0.500. The van der Waals surface area contributed by atoms with Crippen molar-refractivity contribution >= 4 is 21.5 Å². The predicted octanol–water partition coefficient (Wildman–Crippen LogP) is 0.888. The average Bonchev–Trinajstić information content (AvgIpc) is 2.97. The molecule has 0 bridgehead atoms. The largest absolute Gasteiger partial charge is 0.483 e. The molecule has 124 valence electrons. The van der Waals surface area contributed by atoms with Crippen LogP contribution < -0.4 is 10.1 Å². The molecule has 3 rings (SSSR count). The van der Waals surface area contributed by atoms with Gasteiger partial charge in [0.15, 0.2) is 22.2 Å². The molecule has 1 saturated heterocycles. The van der Waals surface area contributed by atoms with E-state index < -0.39 is 15.4 Å². The number of ether oxygens (including phenoxy) is 1. The normalized spacial score (nSPS) is 25.2. The molecule has 1 fully saturated rings. The minimum absolute atomic E-state index is 0.0407. The van der Waals surface area contributed by atoms with E-state index in [1.807, 2.05) is 0 Å². The van der Waals surface area contributed by atoms with E-state index >= 15 is 0 Å². The Bertz CT molecular complexity index is 771. The third kappa shape index (κ3) is 3.39. The van der Waals surface area contributed by atoms with Crippen molar-refractivity contribution in [3.63, 3.8) is 0 Å². The van der Waals surface area contributed by atoms with Gasteiger partial charge < -0.3 is 10.1 Å². The van der Waals surface area contributed by atoms with E-state index in [-0.39, 0.29) is 29.8 Å². The number of rotatable bonds is 4. The summed E-state index contributed by atoms with van der Waals surface area (Å²) >= 11 is 0. The van der Waals surface area contributed by atoms with E-state index in [1.54, 1.807) is 25.1 Å². The highest BCUT2D eigenvalue weighted by Gasteiger charge is 2.39. The van der Waals surface area contributed by atoms with Gasteiger partial charge in [0.1, 0.15) is 5.75 Å². The molecule has 1 amide bonds. The Kier molecular flexibility index (Phi) is 3.91. The first-order valence-corrected chi connectivity index (χ1v) is 9.39. The van der Waals surface area contributed by atoms with Gasteiger partial charge in [0, 0.05) is 17.5 Å². The Balaban J connectivity index is 1.62. The van der Waals surface area contributed by atoms with Gasteiger partial charge in [0.05, 0.1) is 17.0 Å². The molecule has 2 aliphatic rings. The molecule has 1 atom stereocenters. The van der Waals surface area contributed by atoms with Crippen LogP contribution >= 0.6 is 0 Å². The first kappa shape index (κ1) is 16.0. The molecule has 7 heteroatoms. The van der Waals surface area contributed by atoms with Crippen molar-refractivity contribution in [2.24, 2.45) is 0 Å². The fourth-order valence-corrected chi connectivity index (χ4v) is 5.31.